The molecule has 3 rings (SSSR count). The summed E-state index contributed by atoms with van der Waals surface area (Å²) >= 11 is 0. The first kappa shape index (κ1) is 13.4. The number of fused-ring (bicyclic) bond motifs is 1. The van der Waals surface area contributed by atoms with Crippen LogP contribution in [0, 0.1) is 13.8 Å². The zero-order valence-corrected chi connectivity index (χ0v) is 12.1. The second-order valence-corrected chi connectivity index (χ2v) is 5.18. The van der Waals surface area contributed by atoms with Gasteiger partial charge in [0.1, 0.15) is 11.3 Å². The average Bonchev–Trinajstić information content (AvgIpc) is 2.82. The quantitative estimate of drug-likeness (QED) is 0.533. The van der Waals surface area contributed by atoms with Gasteiger partial charge in [-0.05, 0) is 43.2 Å². The van der Waals surface area contributed by atoms with Gasteiger partial charge in [0.15, 0.2) is 0 Å². The first-order valence-corrected chi connectivity index (χ1v) is 6.86. The Bertz CT molecular complexity index is 785. The molecule has 0 aliphatic carbocycles. The third kappa shape index (κ3) is 2.82. The lowest BCUT2D eigenvalue weighted by Gasteiger charge is -2.04. The lowest BCUT2D eigenvalue weighted by atomic mass is 10.0. The van der Waals surface area contributed by atoms with Gasteiger partial charge in [0.2, 0.25) is 0 Å². The Morgan fingerprint density at radius 2 is 1.90 bits per heavy atom. The largest absolute Gasteiger partial charge is 0.464 e. The molecule has 0 atom stereocenters. The number of rotatable bonds is 3. The van der Waals surface area contributed by atoms with Crippen molar-refractivity contribution in [3.8, 4) is 5.75 Å². The number of hydrogen-bond acceptors (Lipinski definition) is 3. The van der Waals surface area contributed by atoms with Crippen molar-refractivity contribution >= 4 is 16.9 Å². The fourth-order valence-electron chi connectivity index (χ4n) is 2.57. The lowest BCUT2D eigenvalue weighted by molar-refractivity contribution is -0.133. The fraction of sp³-hybridized carbons (Fsp3) is 0.167. The van der Waals surface area contributed by atoms with Crippen LogP contribution < -0.4 is 4.74 Å². The number of hydrogen-bond donors (Lipinski definition) is 0. The van der Waals surface area contributed by atoms with Gasteiger partial charge in [0, 0.05) is 10.9 Å². The molecule has 3 heteroatoms. The Morgan fingerprint density at radius 3 is 2.67 bits per heavy atom. The number of furan rings is 1. The molecular formula is C18H16O3. The Balaban J connectivity index is 1.84. The zero-order valence-electron chi connectivity index (χ0n) is 12.1. The van der Waals surface area contributed by atoms with Crippen molar-refractivity contribution in [1.82, 2.24) is 0 Å². The van der Waals surface area contributed by atoms with Crippen LogP contribution in [0.5, 0.6) is 5.75 Å². The SMILES string of the molecule is Cc1cc(C)c2c(CC(=O)Oc3ccccc3)coc2c1. The molecule has 2 aromatic carbocycles. The maximum absolute atomic E-state index is 12.0. The maximum Gasteiger partial charge on any atom is 0.315 e. The van der Waals surface area contributed by atoms with Gasteiger partial charge in [-0.15, -0.1) is 0 Å². The summed E-state index contributed by atoms with van der Waals surface area (Å²) in [5.41, 5.74) is 3.94. The monoisotopic (exact) mass is 280 g/mol. The molecule has 1 heterocycles. The second kappa shape index (κ2) is 5.44. The third-order valence-electron chi connectivity index (χ3n) is 3.40. The van der Waals surface area contributed by atoms with Crippen molar-refractivity contribution < 1.29 is 13.9 Å². The zero-order chi connectivity index (χ0) is 14.8. The summed E-state index contributed by atoms with van der Waals surface area (Å²) in [4.78, 5) is 12.0. The third-order valence-corrected chi connectivity index (χ3v) is 3.40. The molecule has 0 aliphatic rings. The van der Waals surface area contributed by atoms with E-state index in [1.807, 2.05) is 38.1 Å². The van der Waals surface area contributed by atoms with Crippen molar-refractivity contribution in [3.63, 3.8) is 0 Å². The molecule has 0 unspecified atom stereocenters. The molecule has 0 saturated carbocycles. The van der Waals surface area contributed by atoms with E-state index in [1.54, 1.807) is 18.4 Å². The highest BCUT2D eigenvalue weighted by Crippen LogP contribution is 2.27. The molecular weight excluding hydrogens is 264 g/mol. The van der Waals surface area contributed by atoms with E-state index in [2.05, 4.69) is 6.07 Å². The predicted octanol–water partition coefficient (Wildman–Crippen LogP) is 4.20. The summed E-state index contributed by atoms with van der Waals surface area (Å²) < 4.78 is 10.9. The van der Waals surface area contributed by atoms with Crippen LogP contribution in [-0.2, 0) is 11.2 Å². The first-order chi connectivity index (χ1) is 10.1. The molecule has 0 fully saturated rings. The Kier molecular flexibility index (Phi) is 3.48. The van der Waals surface area contributed by atoms with E-state index >= 15 is 0 Å². The highest BCUT2D eigenvalue weighted by atomic mass is 16.5. The molecule has 0 amide bonds. The predicted molar refractivity (Wildman–Crippen MR) is 81.5 cm³/mol. The number of carbonyl (C=O) groups excluding carboxylic acids is 1. The molecule has 0 N–H and O–H groups in total. The molecule has 3 aromatic rings. The summed E-state index contributed by atoms with van der Waals surface area (Å²) in [6, 6.07) is 13.1. The number of carbonyl (C=O) groups is 1. The van der Waals surface area contributed by atoms with Gasteiger partial charge in [-0.1, -0.05) is 24.3 Å². The smallest absolute Gasteiger partial charge is 0.315 e. The van der Waals surface area contributed by atoms with Crippen molar-refractivity contribution in [3.05, 3.63) is 65.4 Å². The Morgan fingerprint density at radius 1 is 1.14 bits per heavy atom. The topological polar surface area (TPSA) is 39.4 Å². The van der Waals surface area contributed by atoms with Crippen LogP contribution >= 0.6 is 0 Å². The summed E-state index contributed by atoms with van der Waals surface area (Å²) in [5, 5.41) is 1.01. The number of aryl methyl sites for hydroxylation is 2. The molecule has 3 nitrogen and oxygen atoms in total. The molecule has 0 spiro atoms. The average molecular weight is 280 g/mol. The van der Waals surface area contributed by atoms with Gasteiger partial charge >= 0.3 is 5.97 Å². The summed E-state index contributed by atoms with van der Waals surface area (Å²) in [6.07, 6.45) is 1.84. The van der Waals surface area contributed by atoms with Crippen LogP contribution in [-0.4, -0.2) is 5.97 Å². The fourth-order valence-corrected chi connectivity index (χ4v) is 2.57. The van der Waals surface area contributed by atoms with Gasteiger partial charge in [0.05, 0.1) is 12.7 Å². The van der Waals surface area contributed by atoms with E-state index in [0.717, 1.165) is 27.7 Å². The van der Waals surface area contributed by atoms with Gasteiger partial charge in [-0.2, -0.15) is 0 Å². The number of para-hydroxylation sites is 1. The Hall–Kier alpha value is -2.55. The minimum Gasteiger partial charge on any atom is -0.464 e. The van der Waals surface area contributed by atoms with Gasteiger partial charge in [-0.25, -0.2) is 0 Å². The molecule has 0 aliphatic heterocycles. The highest BCUT2D eigenvalue weighted by molar-refractivity contribution is 5.89. The van der Waals surface area contributed by atoms with Crippen molar-refractivity contribution in [2.75, 3.05) is 0 Å². The van der Waals surface area contributed by atoms with Crippen LogP contribution in [0.4, 0.5) is 0 Å². The second-order valence-electron chi connectivity index (χ2n) is 5.18. The van der Waals surface area contributed by atoms with Crippen LogP contribution in [0.3, 0.4) is 0 Å². The van der Waals surface area contributed by atoms with Gasteiger partial charge in [0.25, 0.3) is 0 Å². The van der Waals surface area contributed by atoms with E-state index in [0.29, 0.717) is 5.75 Å². The summed E-state index contributed by atoms with van der Waals surface area (Å²) in [5.74, 6) is 0.270. The van der Waals surface area contributed by atoms with Crippen molar-refractivity contribution in [2.24, 2.45) is 0 Å². The van der Waals surface area contributed by atoms with E-state index in [9.17, 15) is 4.79 Å². The summed E-state index contributed by atoms with van der Waals surface area (Å²) in [7, 11) is 0. The molecule has 106 valence electrons. The number of benzene rings is 2. The minimum atomic E-state index is -0.288. The van der Waals surface area contributed by atoms with Crippen LogP contribution in [0.1, 0.15) is 16.7 Å². The standard InChI is InChI=1S/C18H16O3/c1-12-8-13(2)18-14(11-20-16(18)9-12)10-17(19)21-15-6-4-3-5-7-15/h3-9,11H,10H2,1-2H3. The van der Waals surface area contributed by atoms with Crippen molar-refractivity contribution in [2.45, 2.75) is 20.3 Å². The molecule has 21 heavy (non-hydrogen) atoms. The molecule has 0 radical (unpaired) electrons. The van der Waals surface area contributed by atoms with E-state index in [1.165, 1.54) is 0 Å². The lowest BCUT2D eigenvalue weighted by Crippen LogP contribution is -2.10. The van der Waals surface area contributed by atoms with E-state index in [-0.39, 0.29) is 12.4 Å². The molecule has 0 saturated heterocycles. The Labute approximate surface area is 123 Å². The van der Waals surface area contributed by atoms with E-state index in [4.69, 9.17) is 9.15 Å². The summed E-state index contributed by atoms with van der Waals surface area (Å²) in [6.45, 7) is 4.05. The first-order valence-electron chi connectivity index (χ1n) is 6.86. The number of ether oxygens (including phenoxy) is 1. The molecule has 0 bridgehead atoms. The van der Waals surface area contributed by atoms with Gasteiger partial charge < -0.3 is 9.15 Å². The minimum absolute atomic E-state index is 0.200. The van der Waals surface area contributed by atoms with E-state index < -0.39 is 0 Å². The normalized spacial score (nSPS) is 10.8. The van der Waals surface area contributed by atoms with Crippen LogP contribution in [0.2, 0.25) is 0 Å². The number of esters is 1. The maximum atomic E-state index is 12.0. The van der Waals surface area contributed by atoms with Crippen LogP contribution in [0.25, 0.3) is 11.0 Å². The van der Waals surface area contributed by atoms with Crippen molar-refractivity contribution in [1.29, 1.82) is 0 Å². The highest BCUT2D eigenvalue weighted by Gasteiger charge is 2.14. The van der Waals surface area contributed by atoms with Gasteiger partial charge in [-0.3, -0.25) is 4.79 Å². The molecule has 1 aromatic heterocycles. The van der Waals surface area contributed by atoms with Crippen LogP contribution in [0.15, 0.2) is 53.1 Å².